The zero-order valence-electron chi connectivity index (χ0n) is 10.6. The van der Waals surface area contributed by atoms with Crippen LogP contribution in [0.25, 0.3) is 0 Å². The number of halogens is 2. The molecule has 0 fully saturated rings. The Bertz CT molecular complexity index is 555. The highest BCUT2D eigenvalue weighted by molar-refractivity contribution is 9.10. The molecule has 2 aromatic carbocycles. The van der Waals surface area contributed by atoms with Gasteiger partial charge in [0.1, 0.15) is 17.3 Å². The third-order valence-electron chi connectivity index (χ3n) is 2.62. The molecule has 0 aliphatic heterocycles. The van der Waals surface area contributed by atoms with Gasteiger partial charge in [0.25, 0.3) is 0 Å². The Morgan fingerprint density at radius 2 is 1.79 bits per heavy atom. The topological polar surface area (TPSA) is 35.2 Å². The molecular formula is C15H15BrFNO. The van der Waals surface area contributed by atoms with E-state index in [1.165, 1.54) is 12.1 Å². The van der Waals surface area contributed by atoms with Crippen molar-refractivity contribution in [2.75, 3.05) is 0 Å². The molecule has 4 heteroatoms. The van der Waals surface area contributed by atoms with Crippen LogP contribution in [0.4, 0.5) is 4.39 Å². The minimum atomic E-state index is -0.277. The van der Waals surface area contributed by atoms with Crippen LogP contribution in [-0.4, -0.2) is 6.04 Å². The monoisotopic (exact) mass is 323 g/mol. The highest BCUT2D eigenvalue weighted by Gasteiger charge is 2.05. The van der Waals surface area contributed by atoms with Crippen molar-refractivity contribution in [1.29, 1.82) is 0 Å². The quantitative estimate of drug-likeness (QED) is 0.911. The van der Waals surface area contributed by atoms with Gasteiger partial charge in [0.2, 0.25) is 0 Å². The van der Waals surface area contributed by atoms with E-state index in [1.54, 1.807) is 12.1 Å². The van der Waals surface area contributed by atoms with Crippen LogP contribution in [0.1, 0.15) is 12.5 Å². The van der Waals surface area contributed by atoms with Gasteiger partial charge in [0.05, 0.1) is 0 Å². The summed E-state index contributed by atoms with van der Waals surface area (Å²) < 4.78 is 19.4. The molecule has 1 atom stereocenters. The first-order valence-corrected chi connectivity index (χ1v) is 6.81. The maximum Gasteiger partial charge on any atom is 0.128 e. The summed E-state index contributed by atoms with van der Waals surface area (Å²) in [5, 5.41) is 0. The first kappa shape index (κ1) is 14.0. The zero-order chi connectivity index (χ0) is 13.8. The van der Waals surface area contributed by atoms with Crippen molar-refractivity contribution in [3.05, 3.63) is 58.3 Å². The molecule has 2 nitrogen and oxygen atoms in total. The molecule has 0 amide bonds. The highest BCUT2D eigenvalue weighted by Crippen LogP contribution is 2.27. The summed E-state index contributed by atoms with van der Waals surface area (Å²) in [4.78, 5) is 0. The summed E-state index contributed by atoms with van der Waals surface area (Å²) >= 11 is 3.51. The van der Waals surface area contributed by atoms with E-state index >= 15 is 0 Å². The van der Waals surface area contributed by atoms with Gasteiger partial charge in [0, 0.05) is 10.5 Å². The Kier molecular flexibility index (Phi) is 4.56. The molecule has 2 aromatic rings. The van der Waals surface area contributed by atoms with Crippen LogP contribution >= 0.6 is 15.9 Å². The minimum Gasteiger partial charge on any atom is -0.457 e. The number of benzene rings is 2. The summed E-state index contributed by atoms with van der Waals surface area (Å²) in [6.07, 6.45) is 0.803. The Labute approximate surface area is 120 Å². The summed E-state index contributed by atoms with van der Waals surface area (Å²) in [5.74, 6) is 1.03. The highest BCUT2D eigenvalue weighted by atomic mass is 79.9. The first-order chi connectivity index (χ1) is 9.04. The van der Waals surface area contributed by atoms with Gasteiger partial charge >= 0.3 is 0 Å². The molecule has 19 heavy (non-hydrogen) atoms. The molecule has 0 saturated carbocycles. The fourth-order valence-corrected chi connectivity index (χ4v) is 2.26. The van der Waals surface area contributed by atoms with Gasteiger partial charge < -0.3 is 10.5 Å². The van der Waals surface area contributed by atoms with Crippen molar-refractivity contribution in [2.45, 2.75) is 19.4 Å². The fraction of sp³-hybridized carbons (Fsp3) is 0.200. The summed E-state index contributed by atoms with van der Waals surface area (Å²) in [6.45, 7) is 1.97. The summed E-state index contributed by atoms with van der Waals surface area (Å²) in [6, 6.07) is 11.8. The van der Waals surface area contributed by atoms with Crippen LogP contribution < -0.4 is 10.5 Å². The Morgan fingerprint density at radius 3 is 2.37 bits per heavy atom. The molecule has 0 bridgehead atoms. The average molecular weight is 324 g/mol. The van der Waals surface area contributed by atoms with Gasteiger partial charge in [-0.2, -0.15) is 0 Å². The number of hydrogen-bond donors (Lipinski definition) is 1. The van der Waals surface area contributed by atoms with Crippen LogP contribution in [-0.2, 0) is 6.42 Å². The number of rotatable bonds is 4. The number of ether oxygens (including phenoxy) is 1. The van der Waals surface area contributed by atoms with Crippen molar-refractivity contribution in [3.8, 4) is 11.5 Å². The van der Waals surface area contributed by atoms with Gasteiger partial charge in [-0.05, 0) is 55.3 Å². The predicted octanol–water partition coefficient (Wildman–Crippen LogP) is 4.27. The molecule has 2 rings (SSSR count). The van der Waals surface area contributed by atoms with Gasteiger partial charge in [-0.25, -0.2) is 4.39 Å². The Balaban J connectivity index is 2.13. The molecule has 0 aliphatic carbocycles. The lowest BCUT2D eigenvalue weighted by Gasteiger charge is -2.10. The third kappa shape index (κ3) is 4.04. The molecule has 0 heterocycles. The van der Waals surface area contributed by atoms with Gasteiger partial charge in [-0.3, -0.25) is 0 Å². The molecule has 100 valence electrons. The van der Waals surface area contributed by atoms with Crippen LogP contribution in [0.5, 0.6) is 11.5 Å². The van der Waals surface area contributed by atoms with Crippen LogP contribution in [0.15, 0.2) is 46.9 Å². The fourth-order valence-electron chi connectivity index (χ4n) is 1.74. The maximum absolute atomic E-state index is 12.8. The van der Waals surface area contributed by atoms with Gasteiger partial charge in [0.15, 0.2) is 0 Å². The standard InChI is InChI=1S/C15H15BrFNO/c1-10(18)8-11-2-5-14(9-15(11)16)19-13-6-3-12(17)4-7-13/h2-7,9-10H,8,18H2,1H3. The largest absolute Gasteiger partial charge is 0.457 e. The second-order valence-corrected chi connectivity index (χ2v) is 5.34. The van der Waals surface area contributed by atoms with E-state index in [0.29, 0.717) is 11.5 Å². The van der Waals surface area contributed by atoms with E-state index in [0.717, 1.165) is 16.5 Å². The molecule has 0 aliphatic rings. The number of hydrogen-bond acceptors (Lipinski definition) is 2. The molecule has 0 saturated heterocycles. The molecule has 0 radical (unpaired) electrons. The zero-order valence-corrected chi connectivity index (χ0v) is 12.2. The minimum absolute atomic E-state index is 0.111. The molecule has 2 N–H and O–H groups in total. The Morgan fingerprint density at radius 1 is 1.16 bits per heavy atom. The number of nitrogens with two attached hydrogens (primary N) is 1. The average Bonchev–Trinajstić information content (AvgIpc) is 2.35. The van der Waals surface area contributed by atoms with E-state index in [1.807, 2.05) is 25.1 Å². The lowest BCUT2D eigenvalue weighted by Crippen LogP contribution is -2.17. The van der Waals surface area contributed by atoms with Crippen molar-refractivity contribution in [3.63, 3.8) is 0 Å². The predicted molar refractivity (Wildman–Crippen MR) is 78.0 cm³/mol. The van der Waals surface area contributed by atoms with Gasteiger partial charge in [-0.15, -0.1) is 0 Å². The summed E-state index contributed by atoms with van der Waals surface area (Å²) in [5.41, 5.74) is 6.92. The van der Waals surface area contributed by atoms with Crippen molar-refractivity contribution in [1.82, 2.24) is 0 Å². The first-order valence-electron chi connectivity index (χ1n) is 6.02. The molecule has 0 aromatic heterocycles. The van der Waals surface area contributed by atoms with E-state index < -0.39 is 0 Å². The Hall–Kier alpha value is -1.39. The van der Waals surface area contributed by atoms with Gasteiger partial charge in [-0.1, -0.05) is 22.0 Å². The molecular weight excluding hydrogens is 309 g/mol. The second kappa shape index (κ2) is 6.17. The SMILES string of the molecule is CC(N)Cc1ccc(Oc2ccc(F)cc2)cc1Br. The van der Waals surface area contributed by atoms with Crippen LogP contribution in [0.3, 0.4) is 0 Å². The molecule has 0 spiro atoms. The van der Waals surface area contributed by atoms with E-state index in [9.17, 15) is 4.39 Å². The smallest absolute Gasteiger partial charge is 0.128 e. The van der Waals surface area contributed by atoms with Crippen LogP contribution in [0, 0.1) is 5.82 Å². The third-order valence-corrected chi connectivity index (χ3v) is 3.35. The van der Waals surface area contributed by atoms with Crippen molar-refractivity contribution >= 4 is 15.9 Å². The van der Waals surface area contributed by atoms with E-state index in [-0.39, 0.29) is 11.9 Å². The molecule has 1 unspecified atom stereocenters. The lowest BCUT2D eigenvalue weighted by atomic mass is 10.1. The van der Waals surface area contributed by atoms with Crippen LogP contribution in [0.2, 0.25) is 0 Å². The normalized spacial score (nSPS) is 12.2. The lowest BCUT2D eigenvalue weighted by molar-refractivity contribution is 0.480. The van der Waals surface area contributed by atoms with E-state index in [4.69, 9.17) is 10.5 Å². The summed E-state index contributed by atoms with van der Waals surface area (Å²) in [7, 11) is 0. The maximum atomic E-state index is 12.8. The van der Waals surface area contributed by atoms with Crippen molar-refractivity contribution in [2.24, 2.45) is 5.73 Å². The second-order valence-electron chi connectivity index (χ2n) is 4.49. The van der Waals surface area contributed by atoms with Crippen molar-refractivity contribution < 1.29 is 9.13 Å². The van der Waals surface area contributed by atoms with E-state index in [2.05, 4.69) is 15.9 Å².